The number of halogens is 3. The molecule has 1 aromatic carbocycles. The fourth-order valence-electron chi connectivity index (χ4n) is 2.09. The first kappa shape index (κ1) is 16.1. The predicted octanol–water partition coefficient (Wildman–Crippen LogP) is 6.11. The normalized spacial score (nSPS) is 12.7. The molecule has 0 aliphatic heterocycles. The highest BCUT2D eigenvalue weighted by Crippen LogP contribution is 2.39. The Labute approximate surface area is 138 Å². The second-order valence-corrected chi connectivity index (χ2v) is 7.38. The van der Waals surface area contributed by atoms with Crippen LogP contribution in [0.2, 0.25) is 13.7 Å². The van der Waals surface area contributed by atoms with Crippen molar-refractivity contribution < 1.29 is 0 Å². The largest absolute Gasteiger partial charge is 0.306 e. The first-order chi connectivity index (χ1) is 9.52. The van der Waals surface area contributed by atoms with Gasteiger partial charge in [0.25, 0.3) is 0 Å². The summed E-state index contributed by atoms with van der Waals surface area (Å²) in [5, 5.41) is 4.24. The van der Waals surface area contributed by atoms with Gasteiger partial charge < -0.3 is 5.32 Å². The van der Waals surface area contributed by atoms with Crippen molar-refractivity contribution in [3.8, 4) is 0 Å². The van der Waals surface area contributed by atoms with Gasteiger partial charge in [-0.2, -0.15) is 0 Å². The lowest BCUT2D eigenvalue weighted by Crippen LogP contribution is -2.23. The minimum atomic E-state index is -0.0284. The smallest absolute Gasteiger partial charge is 0.0995 e. The molecule has 2 rings (SSSR count). The standard InChI is InChI=1S/C15H16Cl3NS/c1-3-6-19-14(11-8-13(17)20-15(11)18)10-5-4-9(2)7-12(10)16/h4-5,7-8,14,19H,3,6H2,1-2H3. The molecule has 0 amide bonds. The molecule has 0 aliphatic rings. The molecule has 0 bridgehead atoms. The van der Waals surface area contributed by atoms with Crippen LogP contribution in [0.4, 0.5) is 0 Å². The summed E-state index contributed by atoms with van der Waals surface area (Å²) in [5.41, 5.74) is 3.16. The molecular formula is C15H16Cl3NS. The van der Waals surface area contributed by atoms with E-state index in [9.17, 15) is 0 Å². The topological polar surface area (TPSA) is 12.0 Å². The summed E-state index contributed by atoms with van der Waals surface area (Å²) in [5.74, 6) is 0. The minimum Gasteiger partial charge on any atom is -0.306 e. The first-order valence-corrected chi connectivity index (χ1v) is 8.42. The highest BCUT2D eigenvalue weighted by atomic mass is 35.5. The van der Waals surface area contributed by atoms with Crippen LogP contribution in [-0.4, -0.2) is 6.54 Å². The summed E-state index contributed by atoms with van der Waals surface area (Å²) in [7, 11) is 0. The second kappa shape index (κ2) is 7.15. The molecule has 1 nitrogen and oxygen atoms in total. The lowest BCUT2D eigenvalue weighted by molar-refractivity contribution is 0.600. The van der Waals surface area contributed by atoms with Crippen molar-refractivity contribution >= 4 is 46.1 Å². The molecule has 20 heavy (non-hydrogen) atoms. The van der Waals surface area contributed by atoms with E-state index < -0.39 is 0 Å². The van der Waals surface area contributed by atoms with E-state index in [0.29, 0.717) is 8.67 Å². The molecule has 0 aliphatic carbocycles. The van der Waals surface area contributed by atoms with Crippen LogP contribution < -0.4 is 5.32 Å². The van der Waals surface area contributed by atoms with Crippen LogP contribution in [0, 0.1) is 6.92 Å². The molecule has 1 heterocycles. The third-order valence-corrected chi connectivity index (χ3v) is 4.90. The SMILES string of the molecule is CCCNC(c1ccc(C)cc1Cl)c1cc(Cl)sc1Cl. The summed E-state index contributed by atoms with van der Waals surface area (Å²) >= 11 is 20.2. The summed E-state index contributed by atoms with van der Waals surface area (Å²) < 4.78 is 1.40. The van der Waals surface area contributed by atoms with E-state index in [0.717, 1.165) is 34.7 Å². The monoisotopic (exact) mass is 347 g/mol. The van der Waals surface area contributed by atoms with E-state index in [1.54, 1.807) is 0 Å². The van der Waals surface area contributed by atoms with Gasteiger partial charge >= 0.3 is 0 Å². The number of thiophene rings is 1. The first-order valence-electron chi connectivity index (χ1n) is 6.47. The molecule has 1 unspecified atom stereocenters. The van der Waals surface area contributed by atoms with Crippen molar-refractivity contribution in [3.05, 3.63) is 54.7 Å². The van der Waals surface area contributed by atoms with Gasteiger partial charge in [-0.1, -0.05) is 53.9 Å². The molecule has 1 N–H and O–H groups in total. The maximum Gasteiger partial charge on any atom is 0.0995 e. The lowest BCUT2D eigenvalue weighted by Gasteiger charge is -2.20. The Kier molecular flexibility index (Phi) is 5.76. The van der Waals surface area contributed by atoms with Crippen LogP contribution in [0.15, 0.2) is 24.3 Å². The van der Waals surface area contributed by atoms with E-state index in [4.69, 9.17) is 34.8 Å². The number of hydrogen-bond donors (Lipinski definition) is 1. The van der Waals surface area contributed by atoms with Crippen molar-refractivity contribution in [1.29, 1.82) is 0 Å². The number of nitrogens with one attached hydrogen (secondary N) is 1. The van der Waals surface area contributed by atoms with E-state index in [-0.39, 0.29) is 6.04 Å². The van der Waals surface area contributed by atoms with Crippen molar-refractivity contribution in [2.24, 2.45) is 0 Å². The van der Waals surface area contributed by atoms with Gasteiger partial charge in [-0.05, 0) is 43.1 Å². The molecule has 2 aromatic rings. The zero-order chi connectivity index (χ0) is 14.7. The van der Waals surface area contributed by atoms with Crippen LogP contribution in [-0.2, 0) is 0 Å². The van der Waals surface area contributed by atoms with Gasteiger partial charge in [-0.3, -0.25) is 0 Å². The van der Waals surface area contributed by atoms with E-state index >= 15 is 0 Å². The minimum absolute atomic E-state index is 0.0284. The Morgan fingerprint density at radius 3 is 2.45 bits per heavy atom. The van der Waals surface area contributed by atoms with Crippen LogP contribution in [0.25, 0.3) is 0 Å². The lowest BCUT2D eigenvalue weighted by atomic mass is 10.00. The molecule has 0 saturated carbocycles. The van der Waals surface area contributed by atoms with Crippen molar-refractivity contribution in [3.63, 3.8) is 0 Å². The van der Waals surface area contributed by atoms with Gasteiger partial charge in [0, 0.05) is 10.6 Å². The molecule has 1 aromatic heterocycles. The fourth-order valence-corrected chi connectivity index (χ4v) is 3.97. The third kappa shape index (κ3) is 3.69. The Morgan fingerprint density at radius 2 is 1.90 bits per heavy atom. The van der Waals surface area contributed by atoms with Crippen LogP contribution in [0.1, 0.15) is 36.1 Å². The summed E-state index contributed by atoms with van der Waals surface area (Å²) in [4.78, 5) is 0. The Morgan fingerprint density at radius 1 is 1.15 bits per heavy atom. The van der Waals surface area contributed by atoms with Crippen molar-refractivity contribution in [1.82, 2.24) is 5.32 Å². The van der Waals surface area contributed by atoms with Gasteiger partial charge in [-0.25, -0.2) is 0 Å². The number of benzene rings is 1. The van der Waals surface area contributed by atoms with Gasteiger partial charge in [0.2, 0.25) is 0 Å². The van der Waals surface area contributed by atoms with E-state index in [2.05, 4.69) is 18.3 Å². The summed E-state index contributed by atoms with van der Waals surface area (Å²) in [6.45, 7) is 5.04. The molecule has 0 spiro atoms. The van der Waals surface area contributed by atoms with Crippen LogP contribution in [0.5, 0.6) is 0 Å². The third-order valence-electron chi connectivity index (χ3n) is 3.06. The quantitative estimate of drug-likeness (QED) is 0.687. The maximum atomic E-state index is 6.40. The van der Waals surface area contributed by atoms with E-state index in [1.807, 2.05) is 25.1 Å². The van der Waals surface area contributed by atoms with Crippen LogP contribution in [0.3, 0.4) is 0 Å². The highest BCUT2D eigenvalue weighted by molar-refractivity contribution is 7.20. The number of aryl methyl sites for hydroxylation is 1. The zero-order valence-electron chi connectivity index (χ0n) is 11.3. The molecule has 0 radical (unpaired) electrons. The fraction of sp³-hybridized carbons (Fsp3) is 0.333. The predicted molar refractivity (Wildman–Crippen MR) is 90.7 cm³/mol. The van der Waals surface area contributed by atoms with Crippen molar-refractivity contribution in [2.75, 3.05) is 6.54 Å². The average molecular weight is 349 g/mol. The van der Waals surface area contributed by atoms with E-state index in [1.165, 1.54) is 11.3 Å². The maximum absolute atomic E-state index is 6.40. The van der Waals surface area contributed by atoms with Crippen LogP contribution >= 0.6 is 46.1 Å². The Bertz CT molecular complexity index is 595. The second-order valence-electron chi connectivity index (χ2n) is 4.69. The molecule has 1 atom stereocenters. The molecular weight excluding hydrogens is 333 g/mol. The number of hydrogen-bond acceptors (Lipinski definition) is 2. The average Bonchev–Trinajstić information content (AvgIpc) is 2.71. The Balaban J connectivity index is 2.44. The molecule has 0 fully saturated rings. The van der Waals surface area contributed by atoms with Gasteiger partial charge in [-0.15, -0.1) is 11.3 Å². The van der Waals surface area contributed by atoms with Gasteiger partial charge in [0.1, 0.15) is 0 Å². The summed E-state index contributed by atoms with van der Waals surface area (Å²) in [6.07, 6.45) is 1.04. The summed E-state index contributed by atoms with van der Waals surface area (Å²) in [6, 6.07) is 7.97. The molecule has 108 valence electrons. The Hall–Kier alpha value is -0.250. The van der Waals surface area contributed by atoms with Gasteiger partial charge in [0.05, 0.1) is 14.7 Å². The number of rotatable bonds is 5. The van der Waals surface area contributed by atoms with Gasteiger partial charge in [0.15, 0.2) is 0 Å². The highest BCUT2D eigenvalue weighted by Gasteiger charge is 2.21. The molecule has 5 heteroatoms. The zero-order valence-corrected chi connectivity index (χ0v) is 14.4. The van der Waals surface area contributed by atoms with Crippen molar-refractivity contribution in [2.45, 2.75) is 26.3 Å². The molecule has 0 saturated heterocycles.